The second-order valence-electron chi connectivity index (χ2n) is 6.26. The lowest BCUT2D eigenvalue weighted by Gasteiger charge is -2.15. The molecule has 0 amide bonds. The minimum atomic E-state index is -2.93. The van der Waals surface area contributed by atoms with E-state index in [0.717, 1.165) is 5.56 Å². The molecule has 0 heterocycles. The molecular weight excluding hydrogens is 399 g/mol. The molecule has 0 saturated heterocycles. The van der Waals surface area contributed by atoms with Gasteiger partial charge in [-0.1, -0.05) is 6.07 Å². The number of benzene rings is 2. The molecule has 0 bridgehead atoms. The van der Waals surface area contributed by atoms with Crippen LogP contribution in [0, 0.1) is 5.82 Å². The van der Waals surface area contributed by atoms with Crippen LogP contribution in [0.25, 0.3) is 0 Å². The molecule has 0 aliphatic rings. The predicted molar refractivity (Wildman–Crippen MR) is 108 cm³/mol. The van der Waals surface area contributed by atoms with Gasteiger partial charge in [-0.05, 0) is 42.8 Å². The van der Waals surface area contributed by atoms with Crippen LogP contribution in [0.1, 0.15) is 23.6 Å². The molecule has 2 N–H and O–H groups in total. The van der Waals surface area contributed by atoms with Crippen LogP contribution in [-0.4, -0.2) is 33.3 Å². The van der Waals surface area contributed by atoms with Crippen molar-refractivity contribution in [2.45, 2.75) is 33.2 Å². The number of methoxy groups -OCH3 is 2. The highest BCUT2D eigenvalue weighted by atomic mass is 19.3. The third-order valence-electron chi connectivity index (χ3n) is 4.10. The summed E-state index contributed by atoms with van der Waals surface area (Å²) in [7, 11) is 2.99. The number of hydrogen-bond donors (Lipinski definition) is 2. The SMILES string of the molecule is CCNC(=NCc1ccc(F)c(COC)c1)NCc1cc(OC)ccc1OC(F)F. The van der Waals surface area contributed by atoms with Gasteiger partial charge in [-0.3, -0.25) is 0 Å². The summed E-state index contributed by atoms with van der Waals surface area (Å²) >= 11 is 0. The monoisotopic (exact) mass is 425 g/mol. The van der Waals surface area contributed by atoms with E-state index in [1.165, 1.54) is 26.4 Å². The number of halogens is 3. The Morgan fingerprint density at radius 3 is 2.53 bits per heavy atom. The summed E-state index contributed by atoms with van der Waals surface area (Å²) in [6, 6.07) is 9.32. The summed E-state index contributed by atoms with van der Waals surface area (Å²) in [6.45, 7) is 0.225. The third kappa shape index (κ3) is 7.14. The average Bonchev–Trinajstić information content (AvgIpc) is 2.72. The van der Waals surface area contributed by atoms with Gasteiger partial charge in [0.2, 0.25) is 0 Å². The molecule has 2 aromatic carbocycles. The molecule has 0 radical (unpaired) electrons. The molecule has 30 heavy (non-hydrogen) atoms. The Labute approximate surface area is 174 Å². The van der Waals surface area contributed by atoms with Crippen LogP contribution in [0.3, 0.4) is 0 Å². The fourth-order valence-electron chi connectivity index (χ4n) is 2.72. The lowest BCUT2D eigenvalue weighted by molar-refractivity contribution is -0.0505. The zero-order valence-corrected chi connectivity index (χ0v) is 17.2. The molecule has 0 aliphatic heterocycles. The third-order valence-corrected chi connectivity index (χ3v) is 4.10. The van der Waals surface area contributed by atoms with Gasteiger partial charge in [0.1, 0.15) is 17.3 Å². The number of guanidine groups is 1. The number of rotatable bonds is 10. The van der Waals surface area contributed by atoms with E-state index in [9.17, 15) is 13.2 Å². The van der Waals surface area contributed by atoms with E-state index < -0.39 is 6.61 Å². The van der Waals surface area contributed by atoms with Crippen molar-refractivity contribution in [3.63, 3.8) is 0 Å². The Morgan fingerprint density at radius 1 is 1.07 bits per heavy atom. The maximum Gasteiger partial charge on any atom is 0.387 e. The van der Waals surface area contributed by atoms with Gasteiger partial charge in [0.05, 0.1) is 20.3 Å². The van der Waals surface area contributed by atoms with E-state index in [-0.39, 0.29) is 24.7 Å². The number of ether oxygens (including phenoxy) is 3. The van der Waals surface area contributed by atoms with Crippen molar-refractivity contribution in [3.8, 4) is 11.5 Å². The maximum absolute atomic E-state index is 13.8. The predicted octanol–water partition coefficient (Wildman–Crippen LogP) is 3.84. The van der Waals surface area contributed by atoms with Crippen molar-refractivity contribution in [2.24, 2.45) is 4.99 Å². The van der Waals surface area contributed by atoms with E-state index in [2.05, 4.69) is 20.4 Å². The lowest BCUT2D eigenvalue weighted by atomic mass is 10.1. The molecular formula is C21H26F3N3O3. The summed E-state index contributed by atoms with van der Waals surface area (Å²) in [5.41, 5.74) is 1.75. The van der Waals surface area contributed by atoms with Crippen molar-refractivity contribution in [1.29, 1.82) is 0 Å². The first-order chi connectivity index (χ1) is 14.5. The van der Waals surface area contributed by atoms with Gasteiger partial charge < -0.3 is 24.8 Å². The normalized spacial score (nSPS) is 11.5. The molecule has 2 rings (SSSR count). The Morgan fingerprint density at radius 2 is 1.87 bits per heavy atom. The van der Waals surface area contributed by atoms with Gasteiger partial charge in [-0.25, -0.2) is 9.38 Å². The minimum absolute atomic E-state index is 0.0527. The molecule has 0 fully saturated rings. The molecule has 0 atom stereocenters. The molecule has 0 aromatic heterocycles. The van der Waals surface area contributed by atoms with Crippen LogP contribution >= 0.6 is 0 Å². The Bertz CT molecular complexity index is 847. The quantitative estimate of drug-likeness (QED) is 0.447. The first-order valence-electron chi connectivity index (χ1n) is 9.37. The summed E-state index contributed by atoms with van der Waals surface area (Å²) in [6.07, 6.45) is 0. The van der Waals surface area contributed by atoms with E-state index in [1.807, 2.05) is 6.92 Å². The minimum Gasteiger partial charge on any atom is -0.497 e. The smallest absolute Gasteiger partial charge is 0.387 e. The second-order valence-corrected chi connectivity index (χ2v) is 6.26. The van der Waals surface area contributed by atoms with Gasteiger partial charge in [-0.2, -0.15) is 8.78 Å². The molecule has 9 heteroatoms. The number of nitrogens with one attached hydrogen (secondary N) is 2. The topological polar surface area (TPSA) is 64.1 Å². The zero-order valence-electron chi connectivity index (χ0n) is 17.2. The molecule has 0 aliphatic carbocycles. The van der Waals surface area contributed by atoms with Crippen LogP contribution < -0.4 is 20.1 Å². The molecule has 6 nitrogen and oxygen atoms in total. The van der Waals surface area contributed by atoms with Crippen LogP contribution in [0.4, 0.5) is 13.2 Å². The van der Waals surface area contributed by atoms with Crippen molar-refractivity contribution >= 4 is 5.96 Å². The first-order valence-corrected chi connectivity index (χ1v) is 9.37. The largest absolute Gasteiger partial charge is 0.497 e. The molecule has 0 spiro atoms. The number of aliphatic imine (C=N–C) groups is 1. The maximum atomic E-state index is 13.8. The van der Waals surface area contributed by atoms with Crippen molar-refractivity contribution in [3.05, 3.63) is 58.9 Å². The van der Waals surface area contributed by atoms with Crippen LogP contribution in [0.15, 0.2) is 41.4 Å². The zero-order chi connectivity index (χ0) is 21.9. The molecule has 0 saturated carbocycles. The van der Waals surface area contributed by atoms with Crippen molar-refractivity contribution in [1.82, 2.24) is 10.6 Å². The van der Waals surface area contributed by atoms with Crippen LogP contribution in [-0.2, 0) is 24.4 Å². The Kier molecular flexibility index (Phi) is 9.27. The summed E-state index contributed by atoms with van der Waals surface area (Å²) in [5.74, 6) is 0.712. The number of nitrogens with zero attached hydrogens (tertiary/aromatic N) is 1. The Balaban J connectivity index is 2.13. The fourth-order valence-corrected chi connectivity index (χ4v) is 2.72. The van der Waals surface area contributed by atoms with Crippen molar-refractivity contribution < 1.29 is 27.4 Å². The van der Waals surface area contributed by atoms with Gasteiger partial charge in [0.25, 0.3) is 0 Å². The first kappa shape index (κ1) is 23.3. The van der Waals surface area contributed by atoms with Gasteiger partial charge in [0, 0.05) is 31.3 Å². The summed E-state index contributed by atoms with van der Waals surface area (Å²) < 4.78 is 53.9. The lowest BCUT2D eigenvalue weighted by Crippen LogP contribution is -2.36. The Hall–Kier alpha value is -2.94. The standard InChI is InChI=1S/C21H26F3N3O3/c1-4-25-21(26-11-14-5-7-18(22)16(9-14)13-28-2)27-12-15-10-17(29-3)6-8-19(15)30-20(23)24/h5-10,20H,4,11-13H2,1-3H3,(H2,25,26,27). The van der Waals surface area contributed by atoms with E-state index >= 15 is 0 Å². The van der Waals surface area contributed by atoms with Crippen molar-refractivity contribution in [2.75, 3.05) is 20.8 Å². The van der Waals surface area contributed by atoms with Gasteiger partial charge in [-0.15, -0.1) is 0 Å². The molecule has 164 valence electrons. The highest BCUT2D eigenvalue weighted by Crippen LogP contribution is 2.25. The van der Waals surface area contributed by atoms with E-state index in [0.29, 0.717) is 35.9 Å². The summed E-state index contributed by atoms with van der Waals surface area (Å²) in [5, 5.41) is 6.17. The highest BCUT2D eigenvalue weighted by molar-refractivity contribution is 5.79. The summed E-state index contributed by atoms with van der Waals surface area (Å²) in [4.78, 5) is 4.47. The van der Waals surface area contributed by atoms with Gasteiger partial charge in [0.15, 0.2) is 5.96 Å². The van der Waals surface area contributed by atoms with E-state index in [1.54, 1.807) is 24.3 Å². The van der Waals surface area contributed by atoms with Gasteiger partial charge >= 0.3 is 6.61 Å². The second kappa shape index (κ2) is 11.9. The van der Waals surface area contributed by atoms with Crippen LogP contribution in [0.2, 0.25) is 0 Å². The van der Waals surface area contributed by atoms with Crippen LogP contribution in [0.5, 0.6) is 11.5 Å². The molecule has 2 aromatic rings. The fraction of sp³-hybridized carbons (Fsp3) is 0.381. The van der Waals surface area contributed by atoms with E-state index in [4.69, 9.17) is 9.47 Å². The highest BCUT2D eigenvalue weighted by Gasteiger charge is 2.12. The number of hydrogen-bond acceptors (Lipinski definition) is 4. The average molecular weight is 425 g/mol. The number of alkyl halides is 2. The molecule has 0 unspecified atom stereocenters.